The maximum Gasteiger partial charge on any atom is 0.472 e. The van der Waals surface area contributed by atoms with Crippen LogP contribution in [0.15, 0.2) is 0 Å². The third kappa shape index (κ3) is 74.9. The number of hydrogen-bond acceptors (Lipinski definition) is 15. The molecule has 0 saturated heterocycles. The van der Waals surface area contributed by atoms with Crippen LogP contribution >= 0.6 is 15.6 Å². The van der Waals surface area contributed by atoms with Crippen molar-refractivity contribution in [1.29, 1.82) is 0 Å². The van der Waals surface area contributed by atoms with Gasteiger partial charge in [0.1, 0.15) is 19.3 Å². The molecular weight excluding hydrogens is 1330 g/mol. The molecule has 3 unspecified atom stereocenters. The average Bonchev–Trinajstić information content (AvgIpc) is 0.933. The van der Waals surface area contributed by atoms with E-state index in [1.807, 2.05) is 0 Å². The summed E-state index contributed by atoms with van der Waals surface area (Å²) in [6.45, 7) is 12.0. The first kappa shape index (κ1) is 100. The van der Waals surface area contributed by atoms with E-state index in [2.05, 4.69) is 48.5 Å². The Balaban J connectivity index is 5.26. The lowest BCUT2D eigenvalue weighted by Crippen LogP contribution is -2.30. The highest BCUT2D eigenvalue weighted by molar-refractivity contribution is 7.47. The Bertz CT molecular complexity index is 1980. The van der Waals surface area contributed by atoms with Gasteiger partial charge in [0.25, 0.3) is 0 Å². The molecular formula is C83H162O17P2. The normalized spacial score (nSPS) is 14.2. The van der Waals surface area contributed by atoms with Crippen LogP contribution in [-0.2, 0) is 65.4 Å². The van der Waals surface area contributed by atoms with Crippen molar-refractivity contribution in [2.45, 2.75) is 452 Å². The van der Waals surface area contributed by atoms with E-state index in [1.165, 1.54) is 244 Å². The maximum absolute atomic E-state index is 13.1. The zero-order chi connectivity index (χ0) is 75.1. The molecule has 6 atom stereocenters. The Morgan fingerprint density at radius 2 is 0.500 bits per heavy atom. The van der Waals surface area contributed by atoms with Gasteiger partial charge in [-0.15, -0.1) is 0 Å². The summed E-state index contributed by atoms with van der Waals surface area (Å²) >= 11 is 0. The van der Waals surface area contributed by atoms with Crippen LogP contribution in [0.5, 0.6) is 0 Å². The minimum atomic E-state index is -4.96. The molecule has 0 aromatic carbocycles. The predicted molar refractivity (Wildman–Crippen MR) is 418 cm³/mol. The molecule has 17 nitrogen and oxygen atoms in total. The molecule has 0 heterocycles. The van der Waals surface area contributed by atoms with Gasteiger partial charge in [0.05, 0.1) is 26.4 Å². The molecule has 0 aliphatic carbocycles. The van der Waals surface area contributed by atoms with Crippen molar-refractivity contribution in [3.8, 4) is 0 Å². The van der Waals surface area contributed by atoms with Gasteiger partial charge in [0.15, 0.2) is 12.2 Å². The third-order valence-electron chi connectivity index (χ3n) is 19.7. The maximum atomic E-state index is 13.1. The number of carbonyl (C=O) groups excluding carboxylic acids is 4. The van der Waals surface area contributed by atoms with Crippen LogP contribution in [0, 0.1) is 17.8 Å². The zero-order valence-electron chi connectivity index (χ0n) is 67.1. The first-order valence-corrected chi connectivity index (χ1v) is 45.9. The number of aliphatic hydroxyl groups is 1. The number of ether oxygens (including phenoxy) is 4. The summed E-state index contributed by atoms with van der Waals surface area (Å²) in [5.74, 6) is 0.305. The number of phosphoric ester groups is 2. The number of phosphoric acid groups is 2. The van der Waals surface area contributed by atoms with E-state index in [9.17, 15) is 43.2 Å². The molecule has 0 saturated carbocycles. The number of rotatable bonds is 81. The molecule has 0 aromatic heterocycles. The van der Waals surface area contributed by atoms with E-state index >= 15 is 0 Å². The van der Waals surface area contributed by atoms with Gasteiger partial charge in [0.2, 0.25) is 0 Å². The van der Waals surface area contributed by atoms with Gasteiger partial charge in [-0.25, -0.2) is 9.13 Å². The standard InChI is InChI=1S/C83H162O17P2/c1-8-10-11-12-13-14-15-28-36-43-50-57-64-80(85)93-71-79(100-83(88)67-60-53-46-39-32-31-35-42-49-56-63-76(7)9-2)73-98-102(91,92)96-69-77(84)68-95-101(89,90)97-72-78(70-94-81(86)65-58-51-44-37-29-24-21-20-23-27-34-41-48-55-62-75(5)6)99-82(87)66-59-52-45-38-30-25-19-17-16-18-22-26-33-40-47-54-61-74(3)4/h74-79,84H,8-73H2,1-7H3,(H,89,90)(H,91,92)/t76?,77-,78-,79-/m1/s1. The fraction of sp³-hybridized carbons (Fsp3) is 0.952. The highest BCUT2D eigenvalue weighted by atomic mass is 31.2. The summed E-state index contributed by atoms with van der Waals surface area (Å²) in [4.78, 5) is 73.1. The Morgan fingerprint density at radius 1 is 0.284 bits per heavy atom. The third-order valence-corrected chi connectivity index (χ3v) is 21.6. The second-order valence-corrected chi connectivity index (χ2v) is 34.0. The fourth-order valence-electron chi connectivity index (χ4n) is 12.8. The van der Waals surface area contributed by atoms with Crippen molar-refractivity contribution in [1.82, 2.24) is 0 Å². The van der Waals surface area contributed by atoms with Crippen molar-refractivity contribution in [3.63, 3.8) is 0 Å². The molecule has 0 radical (unpaired) electrons. The quantitative estimate of drug-likeness (QED) is 0.0222. The number of esters is 4. The van der Waals surface area contributed by atoms with Gasteiger partial charge in [0, 0.05) is 25.7 Å². The van der Waals surface area contributed by atoms with Crippen molar-refractivity contribution in [2.24, 2.45) is 17.8 Å². The summed E-state index contributed by atoms with van der Waals surface area (Å²) in [6, 6.07) is 0. The first-order valence-electron chi connectivity index (χ1n) is 42.9. The van der Waals surface area contributed by atoms with Crippen molar-refractivity contribution >= 4 is 39.5 Å². The molecule has 3 N–H and O–H groups in total. The molecule has 0 fully saturated rings. The molecule has 102 heavy (non-hydrogen) atoms. The Kier molecular flexibility index (Phi) is 71.8. The van der Waals surface area contributed by atoms with E-state index in [0.717, 1.165) is 108 Å². The van der Waals surface area contributed by atoms with Crippen LogP contribution in [0.3, 0.4) is 0 Å². The van der Waals surface area contributed by atoms with Crippen LogP contribution < -0.4 is 0 Å². The Hall–Kier alpha value is -1.94. The number of unbranched alkanes of at least 4 members (excludes halogenated alkanes) is 48. The minimum absolute atomic E-state index is 0.107. The Morgan fingerprint density at radius 3 is 0.745 bits per heavy atom. The fourth-order valence-corrected chi connectivity index (χ4v) is 14.4. The summed E-state index contributed by atoms with van der Waals surface area (Å²) in [5, 5.41) is 10.7. The van der Waals surface area contributed by atoms with Crippen molar-refractivity contribution in [3.05, 3.63) is 0 Å². The van der Waals surface area contributed by atoms with Crippen LogP contribution in [0.1, 0.15) is 434 Å². The molecule has 0 aromatic rings. The molecule has 606 valence electrons. The van der Waals surface area contributed by atoms with Gasteiger partial charge in [-0.1, -0.05) is 382 Å². The number of hydrogen-bond donors (Lipinski definition) is 3. The summed E-state index contributed by atoms with van der Waals surface area (Å²) in [5.41, 5.74) is 0. The van der Waals surface area contributed by atoms with E-state index in [0.29, 0.717) is 25.7 Å². The second-order valence-electron chi connectivity index (χ2n) is 31.1. The van der Waals surface area contributed by atoms with Gasteiger partial charge < -0.3 is 33.8 Å². The molecule has 0 aliphatic heterocycles. The van der Waals surface area contributed by atoms with Gasteiger partial charge in [-0.3, -0.25) is 37.3 Å². The van der Waals surface area contributed by atoms with Gasteiger partial charge in [-0.2, -0.15) is 0 Å². The first-order chi connectivity index (χ1) is 49.3. The highest BCUT2D eigenvalue weighted by Gasteiger charge is 2.30. The molecule has 0 amide bonds. The summed E-state index contributed by atoms with van der Waals surface area (Å²) in [7, 11) is -9.92. The lowest BCUT2D eigenvalue weighted by Gasteiger charge is -2.21. The van der Waals surface area contributed by atoms with Crippen LogP contribution in [-0.4, -0.2) is 96.7 Å². The molecule has 19 heteroatoms. The highest BCUT2D eigenvalue weighted by Crippen LogP contribution is 2.45. The Labute approximate surface area is 626 Å². The zero-order valence-corrected chi connectivity index (χ0v) is 68.9. The topological polar surface area (TPSA) is 237 Å². The van der Waals surface area contributed by atoms with E-state index < -0.39 is 97.5 Å². The summed E-state index contributed by atoms with van der Waals surface area (Å²) in [6.07, 6.45) is 62.2. The number of carbonyl (C=O) groups is 4. The van der Waals surface area contributed by atoms with E-state index in [1.54, 1.807) is 0 Å². The van der Waals surface area contributed by atoms with Crippen molar-refractivity contribution < 1.29 is 80.2 Å². The van der Waals surface area contributed by atoms with Crippen LogP contribution in [0.2, 0.25) is 0 Å². The van der Waals surface area contributed by atoms with E-state index in [-0.39, 0.29) is 25.7 Å². The number of aliphatic hydroxyl groups excluding tert-OH is 1. The van der Waals surface area contributed by atoms with Crippen LogP contribution in [0.4, 0.5) is 0 Å². The monoisotopic (exact) mass is 1490 g/mol. The molecule has 0 rings (SSSR count). The lowest BCUT2D eigenvalue weighted by atomic mass is 9.99. The van der Waals surface area contributed by atoms with E-state index in [4.69, 9.17) is 37.0 Å². The van der Waals surface area contributed by atoms with Gasteiger partial charge >= 0.3 is 39.5 Å². The summed E-state index contributed by atoms with van der Waals surface area (Å²) < 4.78 is 68.8. The SMILES string of the molecule is CCCCCCCCCCCCCCC(=O)OC[C@H](COP(=O)(O)OC[C@H](O)COP(=O)(O)OC[C@@H](COC(=O)CCCCCCCCCCCCCCCCC(C)C)OC(=O)CCCCCCCCCCCCCCCCCCC(C)C)OC(=O)CCCCCCCCCCCCC(C)CC. The minimum Gasteiger partial charge on any atom is -0.462 e. The predicted octanol–water partition coefficient (Wildman–Crippen LogP) is 24.9. The van der Waals surface area contributed by atoms with Gasteiger partial charge in [-0.05, 0) is 43.4 Å². The largest absolute Gasteiger partial charge is 0.472 e. The average molecular weight is 1490 g/mol. The molecule has 0 aliphatic rings. The van der Waals surface area contributed by atoms with Crippen molar-refractivity contribution in [2.75, 3.05) is 39.6 Å². The lowest BCUT2D eigenvalue weighted by molar-refractivity contribution is -0.161. The molecule has 0 bridgehead atoms. The second kappa shape index (κ2) is 73.2. The smallest absolute Gasteiger partial charge is 0.462 e. The van der Waals surface area contributed by atoms with Crippen LogP contribution in [0.25, 0.3) is 0 Å². The molecule has 0 spiro atoms.